The SMILES string of the molecule is CC(C)(C)OC(=O)NC(CC1CCCCC1)C(C=O)OCc1ccccc1. The molecule has 5 nitrogen and oxygen atoms in total. The maximum Gasteiger partial charge on any atom is 0.407 e. The number of hydrogen-bond donors (Lipinski definition) is 1. The molecule has 1 amide bonds. The van der Waals surface area contributed by atoms with Crippen molar-refractivity contribution in [3.05, 3.63) is 35.9 Å². The number of nitrogens with one attached hydrogen (secondary N) is 1. The van der Waals surface area contributed by atoms with Gasteiger partial charge in [-0.1, -0.05) is 62.4 Å². The second-order valence-electron chi connectivity index (χ2n) is 8.39. The van der Waals surface area contributed by atoms with E-state index in [2.05, 4.69) is 5.32 Å². The normalized spacial score (nSPS) is 17.7. The summed E-state index contributed by atoms with van der Waals surface area (Å²) in [4.78, 5) is 24.1. The van der Waals surface area contributed by atoms with Crippen LogP contribution in [-0.2, 0) is 20.9 Å². The molecule has 0 aromatic heterocycles. The van der Waals surface area contributed by atoms with Crippen molar-refractivity contribution in [1.29, 1.82) is 0 Å². The Balaban J connectivity index is 2.02. The van der Waals surface area contributed by atoms with Gasteiger partial charge in [0.25, 0.3) is 0 Å². The minimum atomic E-state index is -0.695. The number of carbonyl (C=O) groups is 2. The van der Waals surface area contributed by atoms with E-state index in [1.807, 2.05) is 51.1 Å². The zero-order valence-electron chi connectivity index (χ0n) is 16.8. The summed E-state index contributed by atoms with van der Waals surface area (Å²) in [5.41, 5.74) is 0.416. The van der Waals surface area contributed by atoms with Crippen molar-refractivity contribution in [3.8, 4) is 0 Å². The molecule has 2 rings (SSSR count). The third kappa shape index (κ3) is 8.12. The fourth-order valence-corrected chi connectivity index (χ4v) is 3.53. The number of alkyl carbamates (subject to hydrolysis) is 1. The largest absolute Gasteiger partial charge is 0.444 e. The smallest absolute Gasteiger partial charge is 0.407 e. The third-order valence-electron chi connectivity index (χ3n) is 4.83. The summed E-state index contributed by atoms with van der Waals surface area (Å²) in [6.45, 7) is 5.81. The molecule has 1 N–H and O–H groups in total. The molecule has 2 unspecified atom stereocenters. The number of carbonyl (C=O) groups excluding carboxylic acids is 2. The molecule has 150 valence electrons. The van der Waals surface area contributed by atoms with Crippen molar-refractivity contribution in [2.45, 2.75) is 83.6 Å². The van der Waals surface area contributed by atoms with Crippen molar-refractivity contribution in [1.82, 2.24) is 5.32 Å². The molecule has 0 bridgehead atoms. The van der Waals surface area contributed by atoms with Crippen LogP contribution in [0.5, 0.6) is 0 Å². The lowest BCUT2D eigenvalue weighted by Gasteiger charge is -2.31. The van der Waals surface area contributed by atoms with E-state index in [1.54, 1.807) is 0 Å². The lowest BCUT2D eigenvalue weighted by atomic mass is 9.84. The summed E-state index contributed by atoms with van der Waals surface area (Å²) < 4.78 is 11.3. The van der Waals surface area contributed by atoms with E-state index in [4.69, 9.17) is 9.47 Å². The zero-order valence-corrected chi connectivity index (χ0v) is 16.8. The van der Waals surface area contributed by atoms with Crippen molar-refractivity contribution < 1.29 is 19.1 Å². The van der Waals surface area contributed by atoms with E-state index in [0.29, 0.717) is 12.5 Å². The number of ether oxygens (including phenoxy) is 2. The van der Waals surface area contributed by atoms with Crippen LogP contribution in [-0.4, -0.2) is 30.1 Å². The average molecular weight is 376 g/mol. The summed E-state index contributed by atoms with van der Waals surface area (Å²) in [5.74, 6) is 0.501. The van der Waals surface area contributed by atoms with Gasteiger partial charge in [-0.15, -0.1) is 0 Å². The van der Waals surface area contributed by atoms with Gasteiger partial charge >= 0.3 is 6.09 Å². The Bertz CT molecular complexity index is 576. The van der Waals surface area contributed by atoms with Crippen molar-refractivity contribution in [2.75, 3.05) is 0 Å². The standard InChI is InChI=1S/C22H33NO4/c1-22(2,3)27-21(25)23-19(14-17-10-6-4-7-11-17)20(15-24)26-16-18-12-8-5-9-13-18/h5,8-9,12-13,15,17,19-20H,4,6-7,10-11,14,16H2,1-3H3,(H,23,25). The van der Waals surface area contributed by atoms with Gasteiger partial charge < -0.3 is 19.6 Å². The first-order chi connectivity index (χ1) is 12.9. The topological polar surface area (TPSA) is 64.6 Å². The quantitative estimate of drug-likeness (QED) is 0.673. The van der Waals surface area contributed by atoms with Crippen LogP contribution in [0.3, 0.4) is 0 Å². The second kappa shape index (κ2) is 10.5. The van der Waals surface area contributed by atoms with Crippen LogP contribution in [0.15, 0.2) is 30.3 Å². The molecule has 1 aliphatic rings. The Morgan fingerprint density at radius 1 is 1.19 bits per heavy atom. The summed E-state index contributed by atoms with van der Waals surface area (Å²) in [6.07, 6.45) is 6.29. The van der Waals surface area contributed by atoms with E-state index in [1.165, 1.54) is 19.3 Å². The van der Waals surface area contributed by atoms with E-state index in [-0.39, 0.29) is 6.04 Å². The first kappa shape index (κ1) is 21.4. The van der Waals surface area contributed by atoms with E-state index >= 15 is 0 Å². The first-order valence-corrected chi connectivity index (χ1v) is 9.98. The second-order valence-corrected chi connectivity index (χ2v) is 8.39. The summed E-state index contributed by atoms with van der Waals surface area (Å²) in [5, 5.41) is 2.89. The highest BCUT2D eigenvalue weighted by atomic mass is 16.6. The van der Waals surface area contributed by atoms with Gasteiger partial charge in [0.05, 0.1) is 12.6 Å². The molecule has 0 aliphatic heterocycles. The third-order valence-corrected chi connectivity index (χ3v) is 4.83. The minimum absolute atomic E-state index is 0.335. The van der Waals surface area contributed by atoms with Gasteiger partial charge in [-0.3, -0.25) is 0 Å². The molecule has 1 fully saturated rings. The van der Waals surface area contributed by atoms with Crippen molar-refractivity contribution in [3.63, 3.8) is 0 Å². The van der Waals surface area contributed by atoms with Gasteiger partial charge in [0.2, 0.25) is 0 Å². The van der Waals surface area contributed by atoms with Gasteiger partial charge in [0.15, 0.2) is 6.29 Å². The van der Waals surface area contributed by atoms with Crippen LogP contribution in [0.1, 0.15) is 64.9 Å². The lowest BCUT2D eigenvalue weighted by molar-refractivity contribution is -0.121. The average Bonchev–Trinajstić information content (AvgIpc) is 2.62. The van der Waals surface area contributed by atoms with Crippen LogP contribution in [0, 0.1) is 5.92 Å². The summed E-state index contributed by atoms with van der Waals surface area (Å²) >= 11 is 0. The number of aldehydes is 1. The van der Waals surface area contributed by atoms with Crippen LogP contribution in [0.4, 0.5) is 4.79 Å². The molecule has 2 atom stereocenters. The van der Waals surface area contributed by atoms with E-state index in [0.717, 1.165) is 31.1 Å². The molecule has 0 heterocycles. The van der Waals surface area contributed by atoms with Crippen LogP contribution in [0.2, 0.25) is 0 Å². The fourth-order valence-electron chi connectivity index (χ4n) is 3.53. The van der Waals surface area contributed by atoms with E-state index < -0.39 is 17.8 Å². The molecule has 1 saturated carbocycles. The maximum atomic E-state index is 12.3. The highest BCUT2D eigenvalue weighted by Crippen LogP contribution is 2.28. The predicted molar refractivity (Wildman–Crippen MR) is 105 cm³/mol. The Morgan fingerprint density at radius 3 is 2.44 bits per heavy atom. The molecule has 5 heteroatoms. The van der Waals surface area contributed by atoms with Crippen LogP contribution < -0.4 is 5.32 Å². The molecule has 1 aromatic rings. The summed E-state index contributed by atoms with van der Waals surface area (Å²) in [7, 11) is 0. The van der Waals surface area contributed by atoms with Gasteiger partial charge in [-0.05, 0) is 38.7 Å². The molecule has 0 spiro atoms. The van der Waals surface area contributed by atoms with Gasteiger partial charge in [0.1, 0.15) is 11.7 Å². The number of rotatable bonds is 8. The van der Waals surface area contributed by atoms with Crippen molar-refractivity contribution >= 4 is 12.4 Å². The van der Waals surface area contributed by atoms with Crippen LogP contribution in [0.25, 0.3) is 0 Å². The Hall–Kier alpha value is -1.88. The molecule has 1 aliphatic carbocycles. The maximum absolute atomic E-state index is 12.3. The molecule has 27 heavy (non-hydrogen) atoms. The monoisotopic (exact) mass is 375 g/mol. The molecular formula is C22H33NO4. The molecule has 0 radical (unpaired) electrons. The number of benzene rings is 1. The first-order valence-electron chi connectivity index (χ1n) is 9.98. The number of hydrogen-bond acceptors (Lipinski definition) is 4. The molecule has 1 aromatic carbocycles. The lowest BCUT2D eigenvalue weighted by Crippen LogP contribution is -2.48. The zero-order chi connectivity index (χ0) is 19.7. The summed E-state index contributed by atoms with van der Waals surface area (Å²) in [6, 6.07) is 9.35. The van der Waals surface area contributed by atoms with Gasteiger partial charge in [-0.25, -0.2) is 4.79 Å². The number of amides is 1. The highest BCUT2D eigenvalue weighted by molar-refractivity contribution is 5.69. The Kier molecular flexibility index (Phi) is 8.29. The predicted octanol–water partition coefficient (Wildman–Crippen LogP) is 4.63. The van der Waals surface area contributed by atoms with E-state index in [9.17, 15) is 9.59 Å². The van der Waals surface area contributed by atoms with Crippen molar-refractivity contribution in [2.24, 2.45) is 5.92 Å². The molecular weight excluding hydrogens is 342 g/mol. The molecule has 0 saturated heterocycles. The minimum Gasteiger partial charge on any atom is -0.444 e. The van der Waals surface area contributed by atoms with Crippen LogP contribution >= 0.6 is 0 Å². The Labute approximate surface area is 162 Å². The Morgan fingerprint density at radius 2 is 1.85 bits per heavy atom. The van der Waals surface area contributed by atoms with Gasteiger partial charge in [0, 0.05) is 0 Å². The fraction of sp³-hybridized carbons (Fsp3) is 0.636. The van der Waals surface area contributed by atoms with Gasteiger partial charge in [-0.2, -0.15) is 0 Å². The highest BCUT2D eigenvalue weighted by Gasteiger charge is 2.29.